The van der Waals surface area contributed by atoms with Gasteiger partial charge in [-0.25, -0.2) is 4.98 Å². The van der Waals surface area contributed by atoms with E-state index in [9.17, 15) is 0 Å². The second kappa shape index (κ2) is 5.64. The van der Waals surface area contributed by atoms with Gasteiger partial charge in [0.2, 0.25) is 5.95 Å². The summed E-state index contributed by atoms with van der Waals surface area (Å²) in [5.74, 6) is 1.50. The number of likely N-dealkylation sites (N-methyl/N-ethyl adjacent to an activating group) is 1. The molecule has 5 nitrogen and oxygen atoms in total. The van der Waals surface area contributed by atoms with Crippen LogP contribution in [-0.2, 0) is 0 Å². The minimum atomic E-state index is 0.463. The fraction of sp³-hybridized carbons (Fsp3) is 0.636. The van der Waals surface area contributed by atoms with Crippen LogP contribution >= 0.6 is 15.9 Å². The van der Waals surface area contributed by atoms with Crippen molar-refractivity contribution in [2.24, 2.45) is 0 Å². The number of hydrogen-bond donors (Lipinski definition) is 2. The van der Waals surface area contributed by atoms with Gasteiger partial charge in [0.15, 0.2) is 0 Å². The van der Waals surface area contributed by atoms with Gasteiger partial charge in [0.1, 0.15) is 5.82 Å². The van der Waals surface area contributed by atoms with Crippen LogP contribution in [0.2, 0.25) is 0 Å². The molecule has 0 saturated carbocycles. The highest BCUT2D eigenvalue weighted by molar-refractivity contribution is 9.10. The predicted molar refractivity (Wildman–Crippen MR) is 73.4 cm³/mol. The Balaban J connectivity index is 2.06. The predicted octanol–water partition coefficient (Wildman–Crippen LogP) is 1.79. The molecule has 0 bridgehead atoms. The number of anilines is 2. The van der Waals surface area contributed by atoms with Crippen LogP contribution in [0.5, 0.6) is 0 Å². The summed E-state index contributed by atoms with van der Waals surface area (Å²) in [5.41, 5.74) is 0. The van der Waals surface area contributed by atoms with E-state index in [1.165, 1.54) is 19.4 Å². The van der Waals surface area contributed by atoms with Crippen molar-refractivity contribution in [3.05, 3.63) is 10.7 Å². The minimum Gasteiger partial charge on any atom is -0.365 e. The van der Waals surface area contributed by atoms with Crippen LogP contribution in [0, 0.1) is 0 Å². The monoisotopic (exact) mass is 299 g/mol. The van der Waals surface area contributed by atoms with E-state index in [2.05, 4.69) is 48.5 Å². The van der Waals surface area contributed by atoms with Crippen molar-refractivity contribution < 1.29 is 0 Å². The number of rotatable bonds is 3. The Morgan fingerprint density at radius 3 is 3.06 bits per heavy atom. The van der Waals surface area contributed by atoms with Crippen LogP contribution in [0.4, 0.5) is 11.8 Å². The highest BCUT2D eigenvalue weighted by Gasteiger charge is 2.18. The summed E-state index contributed by atoms with van der Waals surface area (Å²) in [6.45, 7) is 2.25. The summed E-state index contributed by atoms with van der Waals surface area (Å²) in [5, 5.41) is 6.42. The third kappa shape index (κ3) is 3.29. The highest BCUT2D eigenvalue weighted by atomic mass is 79.9. The lowest BCUT2D eigenvalue weighted by Gasteiger charge is -2.30. The SMILES string of the molecule is CNc1ncc(Br)c(NC2CCCN(C)C2)n1. The van der Waals surface area contributed by atoms with E-state index in [4.69, 9.17) is 0 Å². The fourth-order valence-corrected chi connectivity index (χ4v) is 2.37. The minimum absolute atomic E-state index is 0.463. The summed E-state index contributed by atoms with van der Waals surface area (Å²) in [6, 6.07) is 0.463. The molecule has 0 radical (unpaired) electrons. The highest BCUT2D eigenvalue weighted by Crippen LogP contribution is 2.22. The Kier molecular flexibility index (Phi) is 4.17. The number of piperidine rings is 1. The molecule has 1 atom stereocenters. The van der Waals surface area contributed by atoms with E-state index in [0.29, 0.717) is 12.0 Å². The summed E-state index contributed by atoms with van der Waals surface area (Å²) < 4.78 is 0.907. The molecule has 2 rings (SSSR count). The second-order valence-corrected chi connectivity index (χ2v) is 5.24. The maximum Gasteiger partial charge on any atom is 0.224 e. The number of nitrogens with zero attached hydrogens (tertiary/aromatic N) is 3. The molecule has 1 aliphatic heterocycles. The van der Waals surface area contributed by atoms with Crippen molar-refractivity contribution in [3.8, 4) is 0 Å². The average Bonchev–Trinajstić information content (AvgIpc) is 2.32. The average molecular weight is 300 g/mol. The summed E-state index contributed by atoms with van der Waals surface area (Å²) in [7, 11) is 3.98. The Labute approximate surface area is 110 Å². The molecule has 0 aliphatic carbocycles. The first kappa shape index (κ1) is 12.6. The van der Waals surface area contributed by atoms with Gasteiger partial charge in [-0.15, -0.1) is 0 Å². The normalized spacial score (nSPS) is 21.2. The van der Waals surface area contributed by atoms with Gasteiger partial charge in [-0.05, 0) is 42.4 Å². The van der Waals surface area contributed by atoms with Crippen LogP contribution in [0.15, 0.2) is 10.7 Å². The first-order valence-corrected chi connectivity index (χ1v) is 6.63. The van der Waals surface area contributed by atoms with Crippen LogP contribution in [0.25, 0.3) is 0 Å². The molecule has 17 heavy (non-hydrogen) atoms. The van der Waals surface area contributed by atoms with Crippen LogP contribution in [0.3, 0.4) is 0 Å². The largest absolute Gasteiger partial charge is 0.365 e. The number of aromatic nitrogens is 2. The molecule has 1 aromatic rings. The standard InChI is InChI=1S/C11H18BrN5/c1-13-11-14-6-9(12)10(16-11)15-8-4-3-5-17(2)7-8/h6,8H,3-5,7H2,1-2H3,(H2,13,14,15,16). The second-order valence-electron chi connectivity index (χ2n) is 4.39. The molecule has 2 N–H and O–H groups in total. The van der Waals surface area contributed by atoms with Gasteiger partial charge in [-0.2, -0.15) is 4.98 Å². The van der Waals surface area contributed by atoms with Crippen molar-refractivity contribution >= 4 is 27.7 Å². The molecule has 2 heterocycles. The van der Waals surface area contributed by atoms with E-state index in [0.717, 1.165) is 16.8 Å². The summed E-state index contributed by atoms with van der Waals surface area (Å²) in [6.07, 6.45) is 4.19. The lowest BCUT2D eigenvalue weighted by molar-refractivity contribution is 0.260. The summed E-state index contributed by atoms with van der Waals surface area (Å²) in [4.78, 5) is 10.9. The van der Waals surface area contributed by atoms with Crippen molar-refractivity contribution in [2.75, 3.05) is 37.8 Å². The Bertz CT molecular complexity index is 384. The van der Waals surface area contributed by atoms with Crippen molar-refractivity contribution in [1.29, 1.82) is 0 Å². The van der Waals surface area contributed by atoms with Gasteiger partial charge >= 0.3 is 0 Å². The molecule has 1 aromatic heterocycles. The molecule has 94 valence electrons. The van der Waals surface area contributed by atoms with Crippen LogP contribution in [-0.4, -0.2) is 48.1 Å². The lowest BCUT2D eigenvalue weighted by Crippen LogP contribution is -2.40. The van der Waals surface area contributed by atoms with E-state index < -0.39 is 0 Å². The number of nitrogens with one attached hydrogen (secondary N) is 2. The van der Waals surface area contributed by atoms with Gasteiger partial charge in [-0.1, -0.05) is 0 Å². The zero-order chi connectivity index (χ0) is 12.3. The third-order valence-electron chi connectivity index (χ3n) is 2.93. The first-order chi connectivity index (χ1) is 8.19. The zero-order valence-electron chi connectivity index (χ0n) is 10.2. The third-order valence-corrected chi connectivity index (χ3v) is 3.51. The molecule has 6 heteroatoms. The topological polar surface area (TPSA) is 53.1 Å². The van der Waals surface area contributed by atoms with E-state index in [1.807, 2.05) is 7.05 Å². The molecule has 0 spiro atoms. The van der Waals surface area contributed by atoms with Crippen molar-refractivity contribution in [1.82, 2.24) is 14.9 Å². The van der Waals surface area contributed by atoms with Crippen molar-refractivity contribution in [2.45, 2.75) is 18.9 Å². The van der Waals surface area contributed by atoms with Crippen LogP contribution < -0.4 is 10.6 Å². The number of hydrogen-bond acceptors (Lipinski definition) is 5. The molecule has 1 aliphatic rings. The molecular formula is C11H18BrN5. The summed E-state index contributed by atoms with van der Waals surface area (Å²) >= 11 is 3.47. The Morgan fingerprint density at radius 1 is 1.53 bits per heavy atom. The lowest BCUT2D eigenvalue weighted by atomic mass is 10.1. The van der Waals surface area contributed by atoms with E-state index >= 15 is 0 Å². The quantitative estimate of drug-likeness (QED) is 0.891. The van der Waals surface area contributed by atoms with Crippen LogP contribution in [0.1, 0.15) is 12.8 Å². The Morgan fingerprint density at radius 2 is 2.35 bits per heavy atom. The van der Waals surface area contributed by atoms with Gasteiger partial charge < -0.3 is 15.5 Å². The molecule has 1 saturated heterocycles. The maximum atomic E-state index is 4.41. The molecular weight excluding hydrogens is 282 g/mol. The van der Waals surface area contributed by atoms with Crippen molar-refractivity contribution in [3.63, 3.8) is 0 Å². The van der Waals surface area contributed by atoms with Gasteiger partial charge in [0.25, 0.3) is 0 Å². The molecule has 1 unspecified atom stereocenters. The number of halogens is 1. The van der Waals surface area contributed by atoms with E-state index in [-0.39, 0.29) is 0 Å². The number of likely N-dealkylation sites (tertiary alicyclic amines) is 1. The fourth-order valence-electron chi connectivity index (χ4n) is 2.07. The molecule has 1 fully saturated rings. The molecule has 0 aromatic carbocycles. The maximum absolute atomic E-state index is 4.41. The molecule has 0 amide bonds. The van der Waals surface area contributed by atoms with Gasteiger partial charge in [0.05, 0.1) is 4.47 Å². The zero-order valence-corrected chi connectivity index (χ0v) is 11.8. The smallest absolute Gasteiger partial charge is 0.224 e. The first-order valence-electron chi connectivity index (χ1n) is 5.84. The Hall–Kier alpha value is -0.880. The van der Waals surface area contributed by atoms with E-state index in [1.54, 1.807) is 6.20 Å². The van der Waals surface area contributed by atoms with Gasteiger partial charge in [0, 0.05) is 25.8 Å². The van der Waals surface area contributed by atoms with Gasteiger partial charge in [-0.3, -0.25) is 0 Å².